The average molecular weight is 213 g/mol. The molecule has 1 aromatic heterocycles. The van der Waals surface area contributed by atoms with Crippen LogP contribution in [0.2, 0.25) is 0 Å². The van der Waals surface area contributed by atoms with Crippen molar-refractivity contribution in [1.29, 1.82) is 0 Å². The van der Waals surface area contributed by atoms with E-state index in [4.69, 9.17) is 0 Å². The van der Waals surface area contributed by atoms with Crippen LogP contribution in [-0.4, -0.2) is 4.98 Å². The van der Waals surface area contributed by atoms with E-state index >= 15 is 0 Å². The Morgan fingerprint density at radius 2 is 2.12 bits per heavy atom. The summed E-state index contributed by atoms with van der Waals surface area (Å²) in [7, 11) is 0. The van der Waals surface area contributed by atoms with Crippen molar-refractivity contribution >= 4 is 10.9 Å². The molecular weight excluding hydrogens is 201 g/mol. The molecule has 0 saturated heterocycles. The first-order chi connectivity index (χ1) is 7.81. The van der Waals surface area contributed by atoms with Crippen LogP contribution in [-0.2, 0) is 0 Å². The minimum absolute atomic E-state index is 0.238. The molecule has 1 nitrogen and oxygen atoms in total. The molecule has 2 aromatic rings. The number of aromatic nitrogens is 1. The fourth-order valence-electron chi connectivity index (χ4n) is 1.47. The quantitative estimate of drug-likeness (QED) is 0.660. The molecule has 0 atom stereocenters. The zero-order valence-corrected chi connectivity index (χ0v) is 9.13. The van der Waals surface area contributed by atoms with Gasteiger partial charge in [-0.2, -0.15) is 0 Å². The molecule has 0 fully saturated rings. The van der Waals surface area contributed by atoms with Crippen molar-refractivity contribution in [2.75, 3.05) is 0 Å². The zero-order chi connectivity index (χ0) is 11.4. The van der Waals surface area contributed by atoms with Gasteiger partial charge >= 0.3 is 0 Å². The summed E-state index contributed by atoms with van der Waals surface area (Å²) < 4.78 is 13.3. The van der Waals surface area contributed by atoms with Gasteiger partial charge in [0.1, 0.15) is 11.5 Å². The molecule has 0 aliphatic rings. The SMILES string of the molecule is CCCC#Cc1ccc2c(F)cccc2n1. The highest BCUT2D eigenvalue weighted by Gasteiger charge is 2.00. The van der Waals surface area contributed by atoms with Crippen LogP contribution in [0.25, 0.3) is 10.9 Å². The van der Waals surface area contributed by atoms with E-state index in [0.717, 1.165) is 12.8 Å². The summed E-state index contributed by atoms with van der Waals surface area (Å²) in [6.45, 7) is 2.08. The van der Waals surface area contributed by atoms with E-state index in [1.165, 1.54) is 6.07 Å². The van der Waals surface area contributed by atoms with Crippen molar-refractivity contribution < 1.29 is 4.39 Å². The molecule has 0 aliphatic heterocycles. The number of pyridine rings is 1. The van der Waals surface area contributed by atoms with Crippen LogP contribution >= 0.6 is 0 Å². The number of benzene rings is 1. The number of halogens is 1. The van der Waals surface area contributed by atoms with Crippen molar-refractivity contribution in [3.63, 3.8) is 0 Å². The fraction of sp³-hybridized carbons (Fsp3) is 0.214. The molecule has 2 heteroatoms. The Hall–Kier alpha value is -1.88. The Labute approximate surface area is 94.3 Å². The maximum atomic E-state index is 13.3. The van der Waals surface area contributed by atoms with Gasteiger partial charge in [0.05, 0.1) is 5.52 Å². The lowest BCUT2D eigenvalue weighted by molar-refractivity contribution is 0.639. The fourth-order valence-corrected chi connectivity index (χ4v) is 1.47. The monoisotopic (exact) mass is 213 g/mol. The average Bonchev–Trinajstić information content (AvgIpc) is 2.30. The van der Waals surface area contributed by atoms with Crippen LogP contribution in [0.1, 0.15) is 25.5 Å². The van der Waals surface area contributed by atoms with Gasteiger partial charge in [-0.1, -0.05) is 18.9 Å². The molecular formula is C14H12FN. The zero-order valence-electron chi connectivity index (χ0n) is 9.13. The standard InChI is InChI=1S/C14H12FN/c1-2-3-4-6-11-9-10-12-13(15)7-5-8-14(12)16-11/h5,7-10H,2-3H2,1H3. The molecule has 0 spiro atoms. The number of nitrogens with zero attached hydrogens (tertiary/aromatic N) is 1. The predicted molar refractivity (Wildman–Crippen MR) is 63.5 cm³/mol. The highest BCUT2D eigenvalue weighted by molar-refractivity contribution is 5.79. The topological polar surface area (TPSA) is 12.9 Å². The van der Waals surface area contributed by atoms with Gasteiger partial charge in [0.2, 0.25) is 0 Å². The van der Waals surface area contributed by atoms with Gasteiger partial charge in [-0.15, -0.1) is 0 Å². The first kappa shape index (κ1) is 10.6. The summed E-state index contributed by atoms with van der Waals surface area (Å²) in [5, 5.41) is 0.545. The van der Waals surface area contributed by atoms with Crippen molar-refractivity contribution in [2.45, 2.75) is 19.8 Å². The molecule has 1 aromatic carbocycles. The number of unbranched alkanes of at least 4 members (excludes halogenated alkanes) is 1. The molecule has 1 heterocycles. The molecule has 0 bridgehead atoms. The van der Waals surface area contributed by atoms with E-state index in [1.807, 2.05) is 0 Å². The Bertz CT molecular complexity index is 564. The van der Waals surface area contributed by atoms with Crippen molar-refractivity contribution in [1.82, 2.24) is 4.98 Å². The van der Waals surface area contributed by atoms with E-state index < -0.39 is 0 Å². The van der Waals surface area contributed by atoms with Gasteiger partial charge in [-0.25, -0.2) is 9.37 Å². The lowest BCUT2D eigenvalue weighted by Crippen LogP contribution is -1.86. The number of hydrogen-bond acceptors (Lipinski definition) is 1. The smallest absolute Gasteiger partial charge is 0.132 e. The number of rotatable bonds is 1. The molecule has 0 aliphatic carbocycles. The van der Waals surface area contributed by atoms with Crippen molar-refractivity contribution in [3.05, 3.63) is 41.8 Å². The third-order valence-corrected chi connectivity index (χ3v) is 2.27. The Balaban J connectivity index is 2.42. The highest BCUT2D eigenvalue weighted by Crippen LogP contribution is 2.15. The van der Waals surface area contributed by atoms with Gasteiger partial charge in [-0.3, -0.25) is 0 Å². The van der Waals surface area contributed by atoms with Gasteiger partial charge in [0.15, 0.2) is 0 Å². The summed E-state index contributed by atoms with van der Waals surface area (Å²) in [4.78, 5) is 4.29. The molecule has 0 N–H and O–H groups in total. The van der Waals surface area contributed by atoms with Crippen LogP contribution in [0.4, 0.5) is 4.39 Å². The summed E-state index contributed by atoms with van der Waals surface area (Å²) in [6, 6.07) is 8.38. The Morgan fingerprint density at radius 1 is 1.25 bits per heavy atom. The lowest BCUT2D eigenvalue weighted by atomic mass is 10.2. The van der Waals surface area contributed by atoms with E-state index in [0.29, 0.717) is 16.6 Å². The lowest BCUT2D eigenvalue weighted by Gasteiger charge is -1.98. The third kappa shape index (κ3) is 2.20. The van der Waals surface area contributed by atoms with Crippen LogP contribution < -0.4 is 0 Å². The number of fused-ring (bicyclic) bond motifs is 1. The van der Waals surface area contributed by atoms with Gasteiger partial charge in [-0.05, 0) is 36.6 Å². The first-order valence-electron chi connectivity index (χ1n) is 5.35. The van der Waals surface area contributed by atoms with E-state index in [2.05, 4.69) is 23.7 Å². The number of hydrogen-bond donors (Lipinski definition) is 0. The second kappa shape index (κ2) is 4.76. The highest BCUT2D eigenvalue weighted by atomic mass is 19.1. The van der Waals surface area contributed by atoms with Crippen LogP contribution in [0.5, 0.6) is 0 Å². The maximum Gasteiger partial charge on any atom is 0.132 e. The molecule has 2 rings (SSSR count). The van der Waals surface area contributed by atoms with Crippen molar-refractivity contribution in [3.8, 4) is 11.8 Å². The van der Waals surface area contributed by atoms with Crippen molar-refractivity contribution in [2.24, 2.45) is 0 Å². The molecule has 0 unspecified atom stereocenters. The molecule has 80 valence electrons. The minimum Gasteiger partial charge on any atom is -0.239 e. The normalized spacial score (nSPS) is 9.88. The van der Waals surface area contributed by atoms with Crippen LogP contribution in [0.15, 0.2) is 30.3 Å². The minimum atomic E-state index is -0.238. The summed E-state index contributed by atoms with van der Waals surface area (Å²) in [5.74, 6) is 5.76. The summed E-state index contributed by atoms with van der Waals surface area (Å²) in [5.41, 5.74) is 1.36. The predicted octanol–water partition coefficient (Wildman–Crippen LogP) is 3.53. The maximum absolute atomic E-state index is 13.3. The summed E-state index contributed by atoms with van der Waals surface area (Å²) in [6.07, 6.45) is 1.90. The van der Waals surface area contributed by atoms with Crippen LogP contribution in [0, 0.1) is 17.7 Å². The van der Waals surface area contributed by atoms with E-state index in [1.54, 1.807) is 24.3 Å². The largest absolute Gasteiger partial charge is 0.239 e. The molecule has 0 radical (unpaired) electrons. The summed E-state index contributed by atoms with van der Waals surface area (Å²) >= 11 is 0. The molecule has 0 saturated carbocycles. The Morgan fingerprint density at radius 3 is 2.94 bits per heavy atom. The first-order valence-corrected chi connectivity index (χ1v) is 5.35. The Kier molecular flexibility index (Phi) is 3.16. The van der Waals surface area contributed by atoms with Gasteiger partial charge < -0.3 is 0 Å². The van der Waals surface area contributed by atoms with Gasteiger partial charge in [0.25, 0.3) is 0 Å². The second-order valence-electron chi connectivity index (χ2n) is 3.55. The second-order valence-corrected chi connectivity index (χ2v) is 3.55. The van der Waals surface area contributed by atoms with E-state index in [-0.39, 0.29) is 5.82 Å². The van der Waals surface area contributed by atoms with E-state index in [9.17, 15) is 4.39 Å². The third-order valence-electron chi connectivity index (χ3n) is 2.27. The van der Waals surface area contributed by atoms with Gasteiger partial charge in [0, 0.05) is 11.8 Å². The molecule has 16 heavy (non-hydrogen) atoms. The molecule has 0 amide bonds. The van der Waals surface area contributed by atoms with Crippen LogP contribution in [0.3, 0.4) is 0 Å².